The molecule has 6 aliphatic rings. The molecule has 5 fully saturated rings. The Hall–Kier alpha value is -3.79. The molecule has 3 N–H and O–H groups in total. The Morgan fingerprint density at radius 1 is 0.935 bits per heavy atom. The van der Waals surface area contributed by atoms with Crippen molar-refractivity contribution in [2.24, 2.45) is 28.9 Å². The van der Waals surface area contributed by atoms with Gasteiger partial charge in [-0.05, 0) is 74.1 Å². The van der Waals surface area contributed by atoms with Crippen LogP contribution in [0.15, 0.2) is 42.6 Å². The van der Waals surface area contributed by atoms with Crippen LogP contribution in [0.25, 0.3) is 0 Å². The summed E-state index contributed by atoms with van der Waals surface area (Å²) in [6, 6.07) is 11.1. The SMILES string of the molecule is NC(=O)C12CC3C[C@H](C1)C(NC(=O)ON1CCN(c4ccc(N5CCN(S(=O)(=O)C(F)(F)F)CC5)cn4)c4ccccc41)[C@@H](C3)C2. The van der Waals surface area contributed by atoms with E-state index in [9.17, 15) is 31.2 Å². The Kier molecular flexibility index (Phi) is 7.49. The minimum Gasteiger partial charge on any atom is -0.369 e. The average Bonchev–Trinajstić information content (AvgIpc) is 3.02. The van der Waals surface area contributed by atoms with Crippen LogP contribution < -0.4 is 25.9 Å². The molecule has 2 aromatic rings. The smallest absolute Gasteiger partial charge is 0.369 e. The summed E-state index contributed by atoms with van der Waals surface area (Å²) in [6.07, 6.45) is 5.35. The van der Waals surface area contributed by atoms with Gasteiger partial charge in [0.2, 0.25) is 5.91 Å². The Bertz CT molecular complexity index is 1600. The van der Waals surface area contributed by atoms with Crippen LogP contribution in [0.1, 0.15) is 32.1 Å². The molecule has 1 saturated heterocycles. The zero-order valence-corrected chi connectivity index (χ0v) is 25.8. The van der Waals surface area contributed by atoms with Gasteiger partial charge < -0.3 is 25.7 Å². The molecule has 5 atom stereocenters. The van der Waals surface area contributed by atoms with Crippen LogP contribution in [0.3, 0.4) is 0 Å². The van der Waals surface area contributed by atoms with Crippen molar-refractivity contribution in [1.82, 2.24) is 14.6 Å². The number of pyridine rings is 1. The standard InChI is InChI=1S/C30H36F3N7O5S/c31-30(32,33)46(43,44)38-9-7-37(8-10-38)22-5-6-25(35-18-22)39-11-12-40(24-4-2-1-3-23(24)39)45-28(42)36-26-20-13-19-14-21(26)17-29(15-19,16-20)27(34)41/h1-6,18-21,26H,7-17H2,(H2,34,41)(H,36,42)/t19?,20-,21+,26?,29?. The van der Waals surface area contributed by atoms with E-state index in [2.05, 4.69) is 10.3 Å². The molecule has 248 valence electrons. The first kappa shape index (κ1) is 30.8. The highest BCUT2D eigenvalue weighted by Crippen LogP contribution is 2.60. The number of anilines is 4. The molecular formula is C30H36F3N7O5S. The molecule has 1 aromatic heterocycles. The van der Waals surface area contributed by atoms with Crippen molar-refractivity contribution in [3.8, 4) is 0 Å². The number of nitrogens with one attached hydrogen (secondary N) is 1. The predicted octanol–water partition coefficient (Wildman–Crippen LogP) is 3.33. The Morgan fingerprint density at radius 3 is 2.22 bits per heavy atom. The number of alkyl halides is 3. The van der Waals surface area contributed by atoms with Crippen LogP contribution in [-0.2, 0) is 19.7 Å². The summed E-state index contributed by atoms with van der Waals surface area (Å²) in [6.45, 7) is 0.487. The van der Waals surface area contributed by atoms with Crippen molar-refractivity contribution < 1.29 is 36.0 Å². The van der Waals surface area contributed by atoms with E-state index < -0.39 is 27.0 Å². The number of para-hydroxylation sites is 2. The number of carbonyl (C=O) groups excluding carboxylic acids is 2. The minimum atomic E-state index is -5.35. The number of piperazine rings is 1. The Balaban J connectivity index is 0.990. The number of aromatic nitrogens is 1. The fraction of sp³-hybridized carbons (Fsp3) is 0.567. The van der Waals surface area contributed by atoms with Crippen molar-refractivity contribution in [3.05, 3.63) is 42.6 Å². The van der Waals surface area contributed by atoms with Gasteiger partial charge in [0.15, 0.2) is 0 Å². The van der Waals surface area contributed by atoms with Crippen molar-refractivity contribution in [2.45, 2.75) is 43.7 Å². The minimum absolute atomic E-state index is 0.0483. The van der Waals surface area contributed by atoms with Gasteiger partial charge in [-0.3, -0.25) is 4.79 Å². The first-order chi connectivity index (χ1) is 21.8. The van der Waals surface area contributed by atoms with E-state index in [0.717, 1.165) is 24.9 Å². The normalized spacial score (nSPS) is 29.4. The summed E-state index contributed by atoms with van der Waals surface area (Å²) in [7, 11) is -5.35. The van der Waals surface area contributed by atoms with Gasteiger partial charge in [-0.25, -0.2) is 23.3 Å². The van der Waals surface area contributed by atoms with Crippen LogP contribution in [0, 0.1) is 23.2 Å². The van der Waals surface area contributed by atoms with Gasteiger partial charge in [-0.1, -0.05) is 12.1 Å². The number of amides is 2. The predicted molar refractivity (Wildman–Crippen MR) is 162 cm³/mol. The van der Waals surface area contributed by atoms with Crippen LogP contribution in [-0.4, -0.2) is 80.5 Å². The van der Waals surface area contributed by atoms with E-state index in [1.165, 1.54) is 0 Å². The molecule has 2 aliphatic heterocycles. The first-order valence-electron chi connectivity index (χ1n) is 15.5. The summed E-state index contributed by atoms with van der Waals surface area (Å²) in [5.74, 6) is 1.32. The molecular weight excluding hydrogens is 627 g/mol. The van der Waals surface area contributed by atoms with Crippen molar-refractivity contribution >= 4 is 44.9 Å². The molecule has 46 heavy (non-hydrogen) atoms. The van der Waals surface area contributed by atoms with E-state index in [1.54, 1.807) is 22.2 Å². The number of primary amides is 1. The van der Waals surface area contributed by atoms with Gasteiger partial charge >= 0.3 is 21.6 Å². The van der Waals surface area contributed by atoms with E-state index in [0.29, 0.717) is 53.3 Å². The number of hydrogen-bond acceptors (Lipinski definition) is 9. The number of nitrogens with two attached hydrogens (primary N) is 1. The molecule has 3 heterocycles. The number of carbonyl (C=O) groups is 2. The monoisotopic (exact) mass is 663 g/mol. The first-order valence-corrected chi connectivity index (χ1v) is 17.0. The molecule has 2 amide bonds. The van der Waals surface area contributed by atoms with Crippen LogP contribution in [0.4, 0.5) is 40.8 Å². The molecule has 3 unspecified atom stereocenters. The van der Waals surface area contributed by atoms with Crippen molar-refractivity contribution in [1.29, 1.82) is 0 Å². The highest BCUT2D eigenvalue weighted by atomic mass is 32.2. The number of nitrogens with zero attached hydrogens (tertiary/aromatic N) is 5. The quantitative estimate of drug-likeness (QED) is 0.476. The molecule has 0 radical (unpaired) electrons. The fourth-order valence-electron chi connectivity index (χ4n) is 8.55. The summed E-state index contributed by atoms with van der Waals surface area (Å²) in [4.78, 5) is 39.7. The second-order valence-electron chi connectivity index (χ2n) is 13.1. The molecule has 12 nitrogen and oxygen atoms in total. The number of hydrogen-bond donors (Lipinski definition) is 2. The number of benzene rings is 1. The lowest BCUT2D eigenvalue weighted by Crippen LogP contribution is -2.62. The third-order valence-corrected chi connectivity index (χ3v) is 12.1. The third-order valence-electron chi connectivity index (χ3n) is 10.5. The second-order valence-corrected chi connectivity index (χ2v) is 15.0. The largest absolute Gasteiger partial charge is 0.511 e. The molecule has 4 aliphatic carbocycles. The van der Waals surface area contributed by atoms with Gasteiger partial charge in [0.25, 0.3) is 0 Å². The summed E-state index contributed by atoms with van der Waals surface area (Å²) >= 11 is 0. The fourth-order valence-corrected chi connectivity index (χ4v) is 9.49. The highest BCUT2D eigenvalue weighted by molar-refractivity contribution is 7.90. The lowest BCUT2D eigenvalue weighted by Gasteiger charge is -2.58. The molecule has 8 rings (SSSR count). The van der Waals surface area contributed by atoms with E-state index in [1.807, 2.05) is 35.2 Å². The number of fused-ring (bicyclic) bond motifs is 1. The molecule has 16 heteroatoms. The maximum absolute atomic E-state index is 13.2. The van der Waals surface area contributed by atoms with Crippen LogP contribution in [0.5, 0.6) is 0 Å². The lowest BCUT2D eigenvalue weighted by molar-refractivity contribution is -0.145. The summed E-state index contributed by atoms with van der Waals surface area (Å²) in [5, 5.41) is 4.69. The number of rotatable bonds is 6. The highest BCUT2D eigenvalue weighted by Gasteiger charge is 2.58. The van der Waals surface area contributed by atoms with Crippen LogP contribution in [0.2, 0.25) is 0 Å². The van der Waals surface area contributed by atoms with E-state index in [4.69, 9.17) is 10.6 Å². The van der Waals surface area contributed by atoms with Gasteiger partial charge in [0.1, 0.15) is 5.82 Å². The zero-order chi connectivity index (χ0) is 32.4. The van der Waals surface area contributed by atoms with E-state index in [-0.39, 0.29) is 50.0 Å². The topological polar surface area (TPSA) is 141 Å². The number of hydroxylamine groups is 1. The molecule has 0 spiro atoms. The van der Waals surface area contributed by atoms with Gasteiger partial charge in [-0.2, -0.15) is 17.5 Å². The molecule has 4 bridgehead atoms. The van der Waals surface area contributed by atoms with Crippen molar-refractivity contribution in [3.63, 3.8) is 0 Å². The second kappa shape index (κ2) is 11.2. The Labute approximate surface area is 264 Å². The number of sulfonamides is 1. The van der Waals surface area contributed by atoms with Crippen molar-refractivity contribution in [2.75, 3.05) is 54.1 Å². The lowest BCUT2D eigenvalue weighted by atomic mass is 9.47. The maximum Gasteiger partial charge on any atom is 0.511 e. The maximum atomic E-state index is 13.2. The van der Waals surface area contributed by atoms with E-state index >= 15 is 0 Å². The molecule has 4 saturated carbocycles. The van der Waals surface area contributed by atoms with Gasteiger partial charge in [-0.15, -0.1) is 0 Å². The van der Waals surface area contributed by atoms with Gasteiger partial charge in [0.05, 0.1) is 29.8 Å². The zero-order valence-electron chi connectivity index (χ0n) is 25.0. The average molecular weight is 664 g/mol. The van der Waals surface area contributed by atoms with Gasteiger partial charge in [0, 0.05) is 44.2 Å². The molecule has 1 aromatic carbocycles. The third kappa shape index (κ3) is 5.28. The number of halogens is 3. The summed E-state index contributed by atoms with van der Waals surface area (Å²) in [5.41, 5.74) is 2.20. The summed E-state index contributed by atoms with van der Waals surface area (Å²) < 4.78 is 62.8. The van der Waals surface area contributed by atoms with Crippen LogP contribution >= 0.6 is 0 Å². The Morgan fingerprint density at radius 2 is 1.61 bits per heavy atom.